The fraction of sp³-hybridized carbons (Fsp3) is 0.375. The Hall–Kier alpha value is -3.84. The summed E-state index contributed by atoms with van der Waals surface area (Å²) in [5.74, 6) is 0.997. The summed E-state index contributed by atoms with van der Waals surface area (Å²) < 4.78 is 12.3. The molecule has 4 heterocycles. The molecule has 0 unspecified atom stereocenters. The van der Waals surface area contributed by atoms with Gasteiger partial charge in [0.15, 0.2) is 5.76 Å². The zero-order chi connectivity index (χ0) is 26.6. The molecule has 0 radical (unpaired) electrons. The molecule has 0 spiro atoms. The number of carbonyl (C=O) groups is 1. The lowest BCUT2D eigenvalue weighted by Gasteiger charge is -2.33. The summed E-state index contributed by atoms with van der Waals surface area (Å²) in [6, 6.07) is 20.7. The molecule has 2 fully saturated rings. The van der Waals surface area contributed by atoms with Crippen molar-refractivity contribution in [3.05, 3.63) is 89.9 Å². The van der Waals surface area contributed by atoms with Crippen molar-refractivity contribution in [3.8, 4) is 5.75 Å². The van der Waals surface area contributed by atoms with E-state index in [1.54, 1.807) is 0 Å². The number of carbonyl (C=O) groups excluding carboxylic acids is 1. The number of fused-ring (bicyclic) bond motifs is 1. The van der Waals surface area contributed by atoms with Gasteiger partial charge in [0.1, 0.15) is 17.4 Å². The van der Waals surface area contributed by atoms with Crippen LogP contribution in [0.4, 0.5) is 5.69 Å². The number of ether oxygens (including phenoxy) is 1. The van der Waals surface area contributed by atoms with E-state index >= 15 is 0 Å². The van der Waals surface area contributed by atoms with Crippen LogP contribution in [0, 0.1) is 6.92 Å². The molecule has 7 heteroatoms. The monoisotopic (exact) mass is 524 g/mol. The Bertz CT molecular complexity index is 1390. The number of aromatic nitrogens is 1. The van der Waals surface area contributed by atoms with Crippen molar-refractivity contribution in [1.29, 1.82) is 0 Å². The fourth-order valence-electron chi connectivity index (χ4n) is 5.61. The van der Waals surface area contributed by atoms with Gasteiger partial charge in [0.05, 0.1) is 0 Å². The molecule has 2 aliphatic rings. The number of furan rings is 1. The second-order valence-corrected chi connectivity index (χ2v) is 10.8. The lowest BCUT2D eigenvalue weighted by Crippen LogP contribution is -2.44. The highest BCUT2D eigenvalue weighted by Crippen LogP contribution is 2.28. The topological polar surface area (TPSA) is 70.8 Å². The van der Waals surface area contributed by atoms with E-state index in [9.17, 15) is 4.79 Å². The Morgan fingerprint density at radius 2 is 1.69 bits per heavy atom. The van der Waals surface area contributed by atoms with Gasteiger partial charge < -0.3 is 19.4 Å². The molecular formula is C32H36N4O3. The van der Waals surface area contributed by atoms with Crippen molar-refractivity contribution < 1.29 is 13.9 Å². The molecule has 2 aromatic heterocycles. The number of pyridine rings is 1. The first-order valence-electron chi connectivity index (χ1n) is 14.0. The van der Waals surface area contributed by atoms with Crippen molar-refractivity contribution in [2.45, 2.75) is 51.3 Å². The third kappa shape index (κ3) is 6.25. The van der Waals surface area contributed by atoms with E-state index in [-0.39, 0.29) is 18.1 Å². The van der Waals surface area contributed by atoms with Gasteiger partial charge in [0, 0.05) is 81.1 Å². The Morgan fingerprint density at radius 1 is 0.949 bits per heavy atom. The van der Waals surface area contributed by atoms with Crippen LogP contribution < -0.4 is 15.0 Å². The van der Waals surface area contributed by atoms with Gasteiger partial charge in [-0.15, -0.1) is 0 Å². The molecule has 2 aromatic carbocycles. The van der Waals surface area contributed by atoms with E-state index in [2.05, 4.69) is 63.4 Å². The van der Waals surface area contributed by atoms with Gasteiger partial charge in [-0.3, -0.25) is 14.7 Å². The van der Waals surface area contributed by atoms with Gasteiger partial charge in [-0.05, 0) is 67.8 Å². The Balaban J connectivity index is 0.999. The number of aryl methyl sites for hydroxylation is 1. The van der Waals surface area contributed by atoms with E-state index in [1.165, 1.54) is 16.8 Å². The maximum atomic E-state index is 13.0. The molecule has 2 saturated heterocycles. The lowest BCUT2D eigenvalue weighted by atomic mass is 10.0. The van der Waals surface area contributed by atoms with Gasteiger partial charge in [0.25, 0.3) is 5.91 Å². The number of hydrogen-bond acceptors (Lipinski definition) is 6. The van der Waals surface area contributed by atoms with Crippen LogP contribution in [0.25, 0.3) is 11.0 Å². The number of benzene rings is 2. The number of likely N-dealkylation sites (tertiary alicyclic amines) is 1. The van der Waals surface area contributed by atoms with Crippen LogP contribution >= 0.6 is 0 Å². The van der Waals surface area contributed by atoms with Crippen molar-refractivity contribution >= 4 is 22.6 Å². The minimum absolute atomic E-state index is 0.148. The average molecular weight is 525 g/mol. The summed E-state index contributed by atoms with van der Waals surface area (Å²) in [4.78, 5) is 21.9. The molecular weight excluding hydrogens is 488 g/mol. The number of nitrogens with zero attached hydrogens (tertiary/aromatic N) is 3. The molecule has 0 saturated carbocycles. The predicted octanol–water partition coefficient (Wildman–Crippen LogP) is 5.58. The molecule has 6 rings (SSSR count). The second-order valence-electron chi connectivity index (χ2n) is 10.8. The zero-order valence-corrected chi connectivity index (χ0v) is 22.5. The van der Waals surface area contributed by atoms with Crippen LogP contribution in [-0.4, -0.2) is 54.1 Å². The Labute approximate surface area is 229 Å². The highest BCUT2D eigenvalue weighted by Gasteiger charge is 2.24. The van der Waals surface area contributed by atoms with Crippen LogP contribution in [0.15, 0.2) is 77.5 Å². The van der Waals surface area contributed by atoms with Gasteiger partial charge in [-0.25, -0.2) is 0 Å². The maximum absolute atomic E-state index is 13.0. The molecule has 1 N–H and O–H groups in total. The molecule has 2 aliphatic heterocycles. The van der Waals surface area contributed by atoms with Gasteiger partial charge in [-0.2, -0.15) is 0 Å². The predicted molar refractivity (Wildman–Crippen MR) is 153 cm³/mol. The maximum Gasteiger partial charge on any atom is 0.287 e. The number of hydrogen-bond donors (Lipinski definition) is 1. The number of anilines is 1. The third-order valence-corrected chi connectivity index (χ3v) is 7.94. The molecule has 0 aliphatic carbocycles. The van der Waals surface area contributed by atoms with Crippen LogP contribution in [0.1, 0.15) is 47.4 Å². The standard InChI is InChI=1S/C32H36N4O3/c1-23-2-5-27(6-3-23)36-18-12-28(13-19-36)38-29-7-4-25-20-31(39-30(25)21-29)32(37)34-26-10-16-35(17-11-26)22-24-8-14-33-15-9-24/h2-9,14-15,20-21,26,28H,10-13,16-19,22H2,1H3,(H,34,37). The summed E-state index contributed by atoms with van der Waals surface area (Å²) in [5, 5.41) is 4.09. The minimum Gasteiger partial charge on any atom is -0.490 e. The normalized spacial score (nSPS) is 17.4. The summed E-state index contributed by atoms with van der Waals surface area (Å²) in [7, 11) is 0. The van der Waals surface area contributed by atoms with Crippen LogP contribution in [0.5, 0.6) is 5.75 Å². The molecule has 7 nitrogen and oxygen atoms in total. The van der Waals surface area contributed by atoms with E-state index < -0.39 is 0 Å². The van der Waals surface area contributed by atoms with Crippen LogP contribution in [-0.2, 0) is 6.54 Å². The quantitative estimate of drug-likeness (QED) is 0.340. The minimum atomic E-state index is -0.148. The second kappa shape index (κ2) is 11.5. The SMILES string of the molecule is Cc1ccc(N2CCC(Oc3ccc4cc(C(=O)NC5CCN(Cc6ccncc6)CC5)oc4c3)CC2)cc1. The number of amides is 1. The summed E-state index contributed by atoms with van der Waals surface area (Å²) in [6.07, 6.45) is 7.64. The first-order valence-corrected chi connectivity index (χ1v) is 14.0. The van der Waals surface area contributed by atoms with Crippen LogP contribution in [0.3, 0.4) is 0 Å². The number of piperidine rings is 2. The summed E-state index contributed by atoms with van der Waals surface area (Å²) >= 11 is 0. The van der Waals surface area contributed by atoms with Crippen molar-refractivity contribution in [1.82, 2.24) is 15.2 Å². The fourth-order valence-corrected chi connectivity index (χ4v) is 5.61. The van der Waals surface area contributed by atoms with Crippen molar-refractivity contribution in [3.63, 3.8) is 0 Å². The molecule has 202 valence electrons. The Kier molecular flexibility index (Phi) is 7.50. The lowest BCUT2D eigenvalue weighted by molar-refractivity contribution is 0.0883. The van der Waals surface area contributed by atoms with Gasteiger partial charge in [-0.1, -0.05) is 17.7 Å². The molecule has 0 atom stereocenters. The molecule has 4 aromatic rings. The summed E-state index contributed by atoms with van der Waals surface area (Å²) in [6.45, 7) is 6.90. The molecule has 0 bridgehead atoms. The average Bonchev–Trinajstić information content (AvgIpc) is 3.39. The summed E-state index contributed by atoms with van der Waals surface area (Å²) in [5.41, 5.74) is 4.51. The largest absolute Gasteiger partial charge is 0.490 e. The van der Waals surface area contributed by atoms with Crippen molar-refractivity contribution in [2.75, 3.05) is 31.1 Å². The van der Waals surface area contributed by atoms with E-state index in [4.69, 9.17) is 9.15 Å². The van der Waals surface area contributed by atoms with E-state index in [0.29, 0.717) is 11.3 Å². The van der Waals surface area contributed by atoms with E-state index in [0.717, 1.165) is 69.5 Å². The smallest absolute Gasteiger partial charge is 0.287 e. The number of rotatable bonds is 7. The first-order chi connectivity index (χ1) is 19.1. The molecule has 1 amide bonds. The first kappa shape index (κ1) is 25.4. The molecule has 39 heavy (non-hydrogen) atoms. The number of nitrogens with one attached hydrogen (secondary N) is 1. The zero-order valence-electron chi connectivity index (χ0n) is 22.5. The highest BCUT2D eigenvalue weighted by molar-refractivity contribution is 5.96. The van der Waals surface area contributed by atoms with Gasteiger partial charge >= 0.3 is 0 Å². The van der Waals surface area contributed by atoms with Crippen LogP contribution in [0.2, 0.25) is 0 Å². The third-order valence-electron chi connectivity index (χ3n) is 7.94. The van der Waals surface area contributed by atoms with Crippen molar-refractivity contribution in [2.24, 2.45) is 0 Å². The Morgan fingerprint density at radius 3 is 2.44 bits per heavy atom. The highest BCUT2D eigenvalue weighted by atomic mass is 16.5. The van der Waals surface area contributed by atoms with Gasteiger partial charge in [0.2, 0.25) is 0 Å². The van der Waals surface area contributed by atoms with E-state index in [1.807, 2.05) is 36.7 Å².